The van der Waals surface area contributed by atoms with Gasteiger partial charge in [-0.15, -0.1) is 0 Å². The average Bonchev–Trinajstić information content (AvgIpc) is 3.31. The van der Waals surface area contributed by atoms with Gasteiger partial charge in [-0.3, -0.25) is 0 Å². The largest absolute Gasteiger partial charge is 0.416 e. The Balaban J connectivity index is 0.981. The van der Waals surface area contributed by atoms with E-state index in [9.17, 15) is 13.2 Å². The molecular weight excluding hydrogens is 818 g/mol. The smallest absolute Gasteiger partial charge is 0.342 e. The maximum absolute atomic E-state index is 13.7. The van der Waals surface area contributed by atoms with Crippen molar-refractivity contribution in [1.82, 2.24) is 0 Å². The first-order valence-corrected chi connectivity index (χ1v) is 24.8. The Kier molecular flexibility index (Phi) is 10.5. The molecule has 5 heteroatoms. The lowest BCUT2D eigenvalue weighted by Crippen LogP contribution is -2.60. The molecule has 3 unspecified atom stereocenters. The minimum absolute atomic E-state index is 0.0259. The van der Waals surface area contributed by atoms with Gasteiger partial charge in [0.2, 0.25) is 0 Å². The molecule has 0 saturated heterocycles. The molecule has 2 nitrogen and oxygen atoms in total. The van der Waals surface area contributed by atoms with Crippen LogP contribution in [-0.4, -0.2) is 12.1 Å². The predicted octanol–water partition coefficient (Wildman–Crippen LogP) is 17.3. The van der Waals surface area contributed by atoms with Crippen LogP contribution in [0.1, 0.15) is 136 Å². The molecule has 0 N–H and O–H groups in total. The molecule has 338 valence electrons. The zero-order chi connectivity index (χ0) is 45.6. The van der Waals surface area contributed by atoms with Crippen molar-refractivity contribution in [3.63, 3.8) is 0 Å². The number of fused-ring (bicyclic) bond motifs is 2. The number of hydrogen-bond acceptors (Lipinski definition) is 2. The summed E-state index contributed by atoms with van der Waals surface area (Å²) in [6.45, 7) is 12.6. The number of hydrogen-bond donors (Lipinski definition) is 0. The van der Waals surface area contributed by atoms with Gasteiger partial charge in [0.15, 0.2) is 0 Å². The number of halogens is 3. The van der Waals surface area contributed by atoms with E-state index in [0.717, 1.165) is 56.4 Å². The van der Waals surface area contributed by atoms with E-state index in [1.54, 1.807) is 12.1 Å². The lowest BCUT2D eigenvalue weighted by molar-refractivity contribution is -0.137. The van der Waals surface area contributed by atoms with Gasteiger partial charge in [-0.05, 0) is 192 Å². The fourth-order valence-electron chi connectivity index (χ4n) is 13.3. The van der Waals surface area contributed by atoms with Crippen LogP contribution in [0.2, 0.25) is 0 Å². The highest BCUT2D eigenvalue weighted by Crippen LogP contribution is 2.59. The van der Waals surface area contributed by atoms with E-state index in [0.29, 0.717) is 0 Å². The third kappa shape index (κ3) is 7.13. The highest BCUT2D eigenvalue weighted by atomic mass is 19.4. The van der Waals surface area contributed by atoms with Gasteiger partial charge in [0.25, 0.3) is 0 Å². The first-order chi connectivity index (χ1) is 31.8. The van der Waals surface area contributed by atoms with Crippen molar-refractivity contribution in [2.75, 3.05) is 16.3 Å². The van der Waals surface area contributed by atoms with Crippen LogP contribution in [0.5, 0.6) is 0 Å². The highest BCUT2D eigenvalue weighted by Gasteiger charge is 2.54. The van der Waals surface area contributed by atoms with Crippen molar-refractivity contribution < 1.29 is 13.2 Å². The summed E-state index contributed by atoms with van der Waals surface area (Å²) in [4.78, 5) is 4.91. The van der Waals surface area contributed by atoms with Crippen molar-refractivity contribution in [2.24, 2.45) is 10.8 Å². The summed E-state index contributed by atoms with van der Waals surface area (Å²) in [7, 11) is 0. The van der Waals surface area contributed by atoms with Crippen LogP contribution in [0, 0.1) is 17.8 Å². The quantitative estimate of drug-likeness (QED) is 0.150. The van der Waals surface area contributed by atoms with Gasteiger partial charge in [0.05, 0.1) is 5.56 Å². The molecule has 0 amide bonds. The SMILES string of the molecule is CCN(c1ccc(C)cc1)c1ccc(-c2ccc3c4c5c(ccc24)C=CC(c2ccc4c(c2)CC2(C)CCCCC2(C)N4c2ccc(C(F)(F)F)cc2)C5=CC3)cc1CC1(C)CCCCC1. The van der Waals surface area contributed by atoms with Gasteiger partial charge in [0, 0.05) is 40.8 Å². The Labute approximate surface area is 390 Å². The molecule has 0 spiro atoms. The Morgan fingerprint density at radius 2 is 1.50 bits per heavy atom. The second kappa shape index (κ2) is 16.1. The standard InChI is InChI=1S/C61H63F3N2/c1-6-65(48-22-12-40(2)13-23-48)54-30-18-43(36-45(54)38-58(3)32-8-7-9-33-58)50-26-14-41-17-29-53-51(27-15-42-16-28-52(50)56(41)57(42)53)44-19-31-55-46(37-44)39-59(4)34-10-11-35-60(59,5)66(55)49-24-20-47(21-25-49)61(62,63)64/h12-16,18-31,36-37,51H,6-11,17,32-35,38-39H2,1-5H3. The second-order valence-electron chi connectivity index (χ2n) is 21.4. The number of allylic oxidation sites excluding steroid dienone is 3. The van der Waals surface area contributed by atoms with Gasteiger partial charge in [-0.2, -0.15) is 13.2 Å². The normalized spacial score (nSPS) is 23.0. The molecule has 2 fully saturated rings. The molecule has 0 bridgehead atoms. The van der Waals surface area contributed by atoms with Gasteiger partial charge in [-0.25, -0.2) is 0 Å². The summed E-state index contributed by atoms with van der Waals surface area (Å²) in [5.41, 5.74) is 17.2. The van der Waals surface area contributed by atoms with Crippen molar-refractivity contribution in [1.29, 1.82) is 0 Å². The number of anilines is 4. The Bertz CT molecular complexity index is 2910. The monoisotopic (exact) mass is 880 g/mol. The van der Waals surface area contributed by atoms with E-state index >= 15 is 0 Å². The van der Waals surface area contributed by atoms with E-state index in [1.165, 1.54) is 128 Å². The lowest BCUT2D eigenvalue weighted by Gasteiger charge is -2.60. The molecule has 1 aliphatic heterocycles. The van der Waals surface area contributed by atoms with Crippen LogP contribution in [0.25, 0.3) is 33.5 Å². The minimum atomic E-state index is -4.37. The van der Waals surface area contributed by atoms with Crippen LogP contribution in [0.4, 0.5) is 35.9 Å². The number of benzene rings is 6. The van der Waals surface area contributed by atoms with Crippen molar-refractivity contribution in [3.05, 3.63) is 166 Å². The number of rotatable bonds is 8. The molecule has 0 aromatic heterocycles. The van der Waals surface area contributed by atoms with Gasteiger partial charge >= 0.3 is 6.18 Å². The van der Waals surface area contributed by atoms with Crippen molar-refractivity contribution in [2.45, 2.75) is 129 Å². The molecule has 6 aromatic rings. The first kappa shape index (κ1) is 43.0. The number of aryl methyl sites for hydroxylation is 1. The predicted molar refractivity (Wildman–Crippen MR) is 270 cm³/mol. The third-order valence-electron chi connectivity index (χ3n) is 17.1. The van der Waals surface area contributed by atoms with Crippen LogP contribution in [-0.2, 0) is 25.4 Å². The molecule has 5 aliphatic rings. The molecule has 1 heterocycles. The fourth-order valence-corrected chi connectivity index (χ4v) is 13.3. The maximum atomic E-state index is 13.7. The molecule has 66 heavy (non-hydrogen) atoms. The molecule has 3 atom stereocenters. The summed E-state index contributed by atoms with van der Waals surface area (Å²) in [5, 5.41) is 2.70. The molecule has 2 saturated carbocycles. The van der Waals surface area contributed by atoms with Crippen molar-refractivity contribution in [3.8, 4) is 11.1 Å². The average molecular weight is 881 g/mol. The Morgan fingerprint density at radius 1 is 0.742 bits per heavy atom. The third-order valence-corrected chi connectivity index (χ3v) is 17.1. The highest BCUT2D eigenvalue weighted by molar-refractivity contribution is 6.09. The van der Waals surface area contributed by atoms with Crippen LogP contribution < -0.4 is 9.80 Å². The van der Waals surface area contributed by atoms with E-state index < -0.39 is 11.7 Å². The fraction of sp³-hybridized carbons (Fsp3) is 0.377. The van der Waals surface area contributed by atoms with Gasteiger partial charge in [-0.1, -0.05) is 124 Å². The molecule has 6 aromatic carbocycles. The Morgan fingerprint density at radius 3 is 2.26 bits per heavy atom. The maximum Gasteiger partial charge on any atom is 0.416 e. The van der Waals surface area contributed by atoms with E-state index in [2.05, 4.69) is 148 Å². The minimum Gasteiger partial charge on any atom is -0.342 e. The van der Waals surface area contributed by atoms with E-state index in [4.69, 9.17) is 0 Å². The second-order valence-corrected chi connectivity index (χ2v) is 21.4. The molecule has 4 aliphatic carbocycles. The van der Waals surface area contributed by atoms with Gasteiger partial charge < -0.3 is 9.80 Å². The molecular formula is C61H63F3N2. The topological polar surface area (TPSA) is 6.48 Å². The number of alkyl halides is 3. The number of nitrogens with zero attached hydrogens (tertiary/aromatic N) is 2. The summed E-state index contributed by atoms with van der Waals surface area (Å²) in [6.07, 6.45) is 16.7. The summed E-state index contributed by atoms with van der Waals surface area (Å²) < 4.78 is 41.2. The van der Waals surface area contributed by atoms with Crippen molar-refractivity contribution >= 4 is 45.2 Å². The van der Waals surface area contributed by atoms with Crippen LogP contribution >= 0.6 is 0 Å². The van der Waals surface area contributed by atoms with E-state index in [-0.39, 0.29) is 22.3 Å². The van der Waals surface area contributed by atoms with E-state index in [1.807, 2.05) is 0 Å². The summed E-state index contributed by atoms with van der Waals surface area (Å²) in [6, 6.07) is 38.7. The Hall–Kier alpha value is -5.55. The zero-order valence-electron chi connectivity index (χ0n) is 39.4. The molecule has 11 rings (SSSR count). The summed E-state index contributed by atoms with van der Waals surface area (Å²) in [5.74, 6) is 0.0983. The zero-order valence-corrected chi connectivity index (χ0v) is 39.4. The summed E-state index contributed by atoms with van der Waals surface area (Å²) >= 11 is 0. The van der Waals surface area contributed by atoms with Crippen LogP contribution in [0.3, 0.4) is 0 Å². The molecule has 0 radical (unpaired) electrons. The lowest BCUT2D eigenvalue weighted by atomic mass is 9.57. The first-order valence-electron chi connectivity index (χ1n) is 24.8. The van der Waals surface area contributed by atoms with Crippen LogP contribution in [0.15, 0.2) is 121 Å². The van der Waals surface area contributed by atoms with Gasteiger partial charge in [0.1, 0.15) is 0 Å².